The van der Waals surface area contributed by atoms with Crippen LogP contribution in [0.3, 0.4) is 0 Å². The van der Waals surface area contributed by atoms with E-state index in [1.807, 2.05) is 49.4 Å². The van der Waals surface area contributed by atoms with Crippen molar-refractivity contribution in [3.8, 4) is 11.5 Å². The number of ether oxygens (including phenoxy) is 2. The topological polar surface area (TPSA) is 84.9 Å². The third-order valence-corrected chi connectivity index (χ3v) is 7.06. The van der Waals surface area contributed by atoms with Crippen molar-refractivity contribution in [1.82, 2.24) is 10.2 Å². The van der Waals surface area contributed by atoms with Crippen molar-refractivity contribution in [2.24, 2.45) is 0 Å². The number of amides is 2. The molecule has 0 spiro atoms. The van der Waals surface area contributed by atoms with Gasteiger partial charge in [0.1, 0.15) is 17.5 Å². The van der Waals surface area contributed by atoms with Crippen molar-refractivity contribution in [3.63, 3.8) is 0 Å². The Labute approximate surface area is 223 Å². The SMILES string of the molecule is COc1cc(C(=O)C(=O)N2Cc3ccccc3C[C@H]2C(=O)NCCCCc2ccccc2)cc(OC)c1C. The van der Waals surface area contributed by atoms with Gasteiger partial charge in [-0.25, -0.2) is 0 Å². The number of ketones is 1. The van der Waals surface area contributed by atoms with Gasteiger partial charge in [0.25, 0.3) is 11.7 Å². The Bertz CT molecular complexity index is 1280. The minimum absolute atomic E-state index is 0.160. The first kappa shape index (κ1) is 26.9. The van der Waals surface area contributed by atoms with Crippen molar-refractivity contribution < 1.29 is 23.9 Å². The fraction of sp³-hybridized carbons (Fsp3) is 0.323. The number of carbonyl (C=O) groups excluding carboxylic acids is 3. The summed E-state index contributed by atoms with van der Waals surface area (Å²) < 4.78 is 10.8. The zero-order valence-corrected chi connectivity index (χ0v) is 22.2. The van der Waals surface area contributed by atoms with Crippen molar-refractivity contribution in [3.05, 3.63) is 94.5 Å². The minimum Gasteiger partial charge on any atom is -0.496 e. The predicted molar refractivity (Wildman–Crippen MR) is 145 cm³/mol. The quantitative estimate of drug-likeness (QED) is 0.248. The van der Waals surface area contributed by atoms with Crippen LogP contribution in [0.15, 0.2) is 66.7 Å². The maximum Gasteiger partial charge on any atom is 0.295 e. The summed E-state index contributed by atoms with van der Waals surface area (Å²) in [4.78, 5) is 41.6. The van der Waals surface area contributed by atoms with Crippen LogP contribution in [0.2, 0.25) is 0 Å². The van der Waals surface area contributed by atoms with Crippen molar-refractivity contribution >= 4 is 17.6 Å². The van der Waals surface area contributed by atoms with E-state index >= 15 is 0 Å². The molecule has 0 aromatic heterocycles. The van der Waals surface area contributed by atoms with Crippen LogP contribution in [-0.4, -0.2) is 49.3 Å². The van der Waals surface area contributed by atoms with Crippen LogP contribution >= 0.6 is 0 Å². The first-order chi connectivity index (χ1) is 18.4. The van der Waals surface area contributed by atoms with Gasteiger partial charge in [0.05, 0.1) is 14.2 Å². The molecule has 198 valence electrons. The van der Waals surface area contributed by atoms with Crippen LogP contribution in [0.1, 0.15) is 45.5 Å². The highest BCUT2D eigenvalue weighted by Gasteiger charge is 2.37. The molecule has 0 fully saturated rings. The Hall–Kier alpha value is -4.13. The number of nitrogens with one attached hydrogen (secondary N) is 1. The second-order valence-electron chi connectivity index (χ2n) is 9.49. The molecule has 0 aliphatic carbocycles. The molecule has 2 amide bonds. The van der Waals surface area contributed by atoms with Crippen molar-refractivity contribution in [2.45, 2.75) is 45.2 Å². The molecular formula is C31H34N2O5. The number of benzene rings is 3. The largest absolute Gasteiger partial charge is 0.496 e. The molecular weight excluding hydrogens is 480 g/mol. The third kappa shape index (κ3) is 6.05. The van der Waals surface area contributed by atoms with Gasteiger partial charge in [0.15, 0.2) is 0 Å². The average molecular weight is 515 g/mol. The number of nitrogens with zero attached hydrogens (tertiary/aromatic N) is 1. The number of carbonyl (C=O) groups is 3. The van der Waals surface area contributed by atoms with Gasteiger partial charge < -0.3 is 19.7 Å². The zero-order valence-electron chi connectivity index (χ0n) is 22.2. The summed E-state index contributed by atoms with van der Waals surface area (Å²) >= 11 is 0. The lowest BCUT2D eigenvalue weighted by Gasteiger charge is -2.35. The highest BCUT2D eigenvalue weighted by molar-refractivity contribution is 6.43. The molecule has 7 nitrogen and oxygen atoms in total. The number of hydrogen-bond acceptors (Lipinski definition) is 5. The molecule has 0 radical (unpaired) electrons. The van der Waals surface area contributed by atoms with E-state index in [1.165, 1.54) is 36.8 Å². The molecule has 4 rings (SSSR count). The fourth-order valence-electron chi connectivity index (χ4n) is 4.87. The number of aryl methyl sites for hydroxylation is 1. The minimum atomic E-state index is -0.773. The Balaban J connectivity index is 1.48. The van der Waals surface area contributed by atoms with Crippen LogP contribution in [0.5, 0.6) is 11.5 Å². The van der Waals surface area contributed by atoms with E-state index in [1.54, 1.807) is 0 Å². The molecule has 3 aromatic carbocycles. The van der Waals surface area contributed by atoms with Gasteiger partial charge in [-0.1, -0.05) is 54.6 Å². The summed E-state index contributed by atoms with van der Waals surface area (Å²) in [7, 11) is 3.00. The van der Waals surface area contributed by atoms with Crippen LogP contribution in [0.4, 0.5) is 0 Å². The molecule has 7 heteroatoms. The third-order valence-electron chi connectivity index (χ3n) is 7.06. The Morgan fingerprint density at radius 1 is 0.895 bits per heavy atom. The van der Waals surface area contributed by atoms with Crippen LogP contribution in [0.25, 0.3) is 0 Å². The van der Waals surface area contributed by atoms with E-state index in [2.05, 4.69) is 17.4 Å². The number of rotatable bonds is 10. The van der Waals surface area contributed by atoms with Gasteiger partial charge in [-0.05, 0) is 55.0 Å². The second-order valence-corrected chi connectivity index (χ2v) is 9.49. The molecule has 3 aromatic rings. The van der Waals surface area contributed by atoms with E-state index in [-0.39, 0.29) is 18.0 Å². The van der Waals surface area contributed by atoms with Gasteiger partial charge in [0.2, 0.25) is 5.91 Å². The lowest BCUT2D eigenvalue weighted by Crippen LogP contribution is -2.54. The van der Waals surface area contributed by atoms with Crippen LogP contribution < -0.4 is 14.8 Å². The van der Waals surface area contributed by atoms with Crippen LogP contribution in [0, 0.1) is 6.92 Å². The first-order valence-electron chi connectivity index (χ1n) is 12.9. The summed E-state index contributed by atoms with van der Waals surface area (Å²) in [5.41, 5.74) is 4.09. The molecule has 1 aliphatic heterocycles. The molecule has 0 saturated carbocycles. The highest BCUT2D eigenvalue weighted by atomic mass is 16.5. The number of fused-ring (bicyclic) bond motifs is 1. The van der Waals surface area contributed by atoms with Crippen molar-refractivity contribution in [2.75, 3.05) is 20.8 Å². The van der Waals surface area contributed by atoms with Gasteiger partial charge in [-0.3, -0.25) is 14.4 Å². The molecule has 38 heavy (non-hydrogen) atoms. The Morgan fingerprint density at radius 3 is 2.18 bits per heavy atom. The molecule has 1 heterocycles. The second kappa shape index (κ2) is 12.4. The van der Waals surface area contributed by atoms with Gasteiger partial charge in [-0.15, -0.1) is 0 Å². The lowest BCUT2D eigenvalue weighted by molar-refractivity contribution is -0.138. The molecule has 1 atom stereocenters. The lowest BCUT2D eigenvalue weighted by atomic mass is 9.92. The summed E-state index contributed by atoms with van der Waals surface area (Å²) in [6, 6.07) is 20.2. The van der Waals surface area contributed by atoms with E-state index in [0.717, 1.165) is 36.0 Å². The predicted octanol–water partition coefficient (Wildman–Crippen LogP) is 4.29. The first-order valence-corrected chi connectivity index (χ1v) is 12.9. The Morgan fingerprint density at radius 2 is 1.53 bits per heavy atom. The van der Waals surface area contributed by atoms with Gasteiger partial charge in [0, 0.05) is 30.6 Å². The molecule has 0 bridgehead atoms. The van der Waals surface area contributed by atoms with Crippen LogP contribution in [-0.2, 0) is 29.0 Å². The fourth-order valence-corrected chi connectivity index (χ4v) is 4.87. The van der Waals surface area contributed by atoms with E-state index in [4.69, 9.17) is 9.47 Å². The molecule has 1 aliphatic rings. The monoisotopic (exact) mass is 514 g/mol. The molecule has 0 saturated heterocycles. The average Bonchev–Trinajstić information content (AvgIpc) is 2.96. The van der Waals surface area contributed by atoms with E-state index in [0.29, 0.717) is 24.5 Å². The van der Waals surface area contributed by atoms with Gasteiger partial charge in [-0.2, -0.15) is 0 Å². The number of methoxy groups -OCH3 is 2. The highest BCUT2D eigenvalue weighted by Crippen LogP contribution is 2.31. The Kier molecular flexibility index (Phi) is 8.79. The van der Waals surface area contributed by atoms with Gasteiger partial charge >= 0.3 is 0 Å². The number of unbranched alkanes of at least 4 members (excludes halogenated alkanes) is 1. The normalized spacial score (nSPS) is 14.4. The van der Waals surface area contributed by atoms with Crippen molar-refractivity contribution in [1.29, 1.82) is 0 Å². The standard InChI is InChI=1S/C31H34N2O5/c1-21-27(37-2)18-25(19-28(21)38-3)29(34)31(36)33-20-24-15-8-7-14-23(24)17-26(33)30(35)32-16-10-9-13-22-11-5-4-6-12-22/h4-8,11-12,14-15,18-19,26H,9-10,13,16-17,20H2,1-3H3,(H,32,35)/t26-/m0/s1. The number of hydrogen-bond donors (Lipinski definition) is 1. The summed E-state index contributed by atoms with van der Waals surface area (Å²) in [5, 5.41) is 2.99. The zero-order chi connectivity index (χ0) is 27.1. The number of Topliss-reactive ketones (excluding diaryl/α,β-unsaturated/α-hetero) is 1. The molecule has 0 unspecified atom stereocenters. The maximum atomic E-state index is 13.6. The maximum absolute atomic E-state index is 13.6. The van der Waals surface area contributed by atoms with E-state index in [9.17, 15) is 14.4 Å². The summed E-state index contributed by atoms with van der Waals surface area (Å²) in [6.45, 7) is 2.51. The summed E-state index contributed by atoms with van der Waals surface area (Å²) in [5.74, 6) is -0.777. The summed E-state index contributed by atoms with van der Waals surface area (Å²) in [6.07, 6.45) is 3.05. The molecule has 1 N–H and O–H groups in total. The smallest absolute Gasteiger partial charge is 0.295 e. The van der Waals surface area contributed by atoms with E-state index < -0.39 is 17.7 Å².